The molecule has 256 valence electrons. The molecule has 15 heteroatoms. The molecule has 47 heavy (non-hydrogen) atoms. The molecule has 0 aromatic carbocycles. The zero-order valence-corrected chi connectivity index (χ0v) is 27.3. The van der Waals surface area contributed by atoms with Gasteiger partial charge in [0.25, 0.3) is 12.3 Å². The largest absolute Gasteiger partial charge is 0.465 e. The van der Waals surface area contributed by atoms with Crippen molar-refractivity contribution in [1.29, 1.82) is 0 Å². The van der Waals surface area contributed by atoms with Crippen molar-refractivity contribution in [1.82, 2.24) is 39.1 Å². The van der Waals surface area contributed by atoms with E-state index >= 15 is 0 Å². The summed E-state index contributed by atoms with van der Waals surface area (Å²) in [7, 11) is 4.22. The summed E-state index contributed by atoms with van der Waals surface area (Å²) >= 11 is 0. The Morgan fingerprint density at radius 1 is 1.04 bits per heavy atom. The number of carboxylic acid groups (broad SMARTS) is 1. The van der Waals surface area contributed by atoms with Crippen LogP contribution in [-0.2, 0) is 0 Å². The number of aromatic nitrogens is 5. The normalized spacial score (nSPS) is 21.7. The lowest BCUT2D eigenvalue weighted by atomic mass is 9.85. The topological polar surface area (TPSA) is 127 Å². The van der Waals surface area contributed by atoms with Gasteiger partial charge in [-0.15, -0.1) is 0 Å². The minimum Gasteiger partial charge on any atom is -0.465 e. The summed E-state index contributed by atoms with van der Waals surface area (Å²) in [5, 5.41) is 20.3. The molecule has 5 heterocycles. The summed E-state index contributed by atoms with van der Waals surface area (Å²) in [5.74, 6) is 1.28. The van der Waals surface area contributed by atoms with Crippen LogP contribution in [0.4, 0.5) is 25.1 Å². The van der Waals surface area contributed by atoms with Gasteiger partial charge in [0.15, 0.2) is 11.3 Å². The van der Waals surface area contributed by atoms with Crippen LogP contribution in [0, 0.1) is 11.8 Å². The molecule has 1 saturated carbocycles. The van der Waals surface area contributed by atoms with Crippen molar-refractivity contribution in [3.05, 3.63) is 35.9 Å². The first kappa shape index (κ1) is 33.1. The average molecular weight is 657 g/mol. The van der Waals surface area contributed by atoms with Gasteiger partial charge in [0.2, 0.25) is 0 Å². The number of nitrogens with one attached hydrogen (secondary N) is 1. The highest BCUT2D eigenvalue weighted by atomic mass is 19.3. The highest BCUT2D eigenvalue weighted by molar-refractivity contribution is 6.08. The second-order valence-corrected chi connectivity index (χ2v) is 13.5. The van der Waals surface area contributed by atoms with E-state index in [2.05, 4.69) is 44.3 Å². The maximum atomic E-state index is 14.1. The number of likely N-dealkylation sites (tertiary alicyclic amines) is 1. The van der Waals surface area contributed by atoms with Crippen LogP contribution in [0.15, 0.2) is 24.7 Å². The number of halogens is 2. The Hall–Kier alpha value is -3.85. The minimum absolute atomic E-state index is 0.00983. The number of piperazine rings is 1. The van der Waals surface area contributed by atoms with Crippen molar-refractivity contribution >= 4 is 29.2 Å². The van der Waals surface area contributed by atoms with Gasteiger partial charge in [0.05, 0.1) is 17.9 Å². The molecular weight excluding hydrogens is 610 g/mol. The predicted octanol–water partition coefficient (Wildman–Crippen LogP) is 4.31. The average Bonchev–Trinajstić information content (AvgIpc) is 3.69. The number of carbonyl (C=O) groups excluding carboxylic acids is 1. The molecule has 3 aromatic rings. The lowest BCUT2D eigenvalue weighted by molar-refractivity contribution is 0.102. The number of amides is 2. The van der Waals surface area contributed by atoms with Crippen LogP contribution in [0.2, 0.25) is 0 Å². The number of piperidine rings is 1. The predicted molar refractivity (Wildman–Crippen MR) is 173 cm³/mol. The highest BCUT2D eigenvalue weighted by Gasteiger charge is 2.29. The standard InChI is InChI=1S/C32H46F2N10O3/c1-39-15-17-41(18-16-39)27-10-14-43-30(37-27)25(19-35-43)31(45)36-26-21-44(38-28(26)29(33)34)24-5-3-23(4-6-24)20-40(2)11-7-22-8-12-42(13-9-22)32(46)47/h10,14,19,21-24,29H,3-9,11-13,15-18,20H2,1-2H3,(H,36,45)(H,46,47). The van der Waals surface area contributed by atoms with Crippen molar-refractivity contribution < 1.29 is 23.5 Å². The van der Waals surface area contributed by atoms with E-state index in [-0.39, 0.29) is 17.3 Å². The first-order valence-electron chi connectivity index (χ1n) is 16.8. The number of hydrogen-bond acceptors (Lipinski definition) is 8. The Balaban J connectivity index is 1.03. The Kier molecular flexibility index (Phi) is 10.2. The summed E-state index contributed by atoms with van der Waals surface area (Å²) in [5.41, 5.74) is 0.161. The van der Waals surface area contributed by atoms with Crippen molar-refractivity contribution in [2.75, 3.05) is 76.7 Å². The number of anilines is 2. The molecule has 3 aromatic heterocycles. The van der Waals surface area contributed by atoms with Gasteiger partial charge in [-0.05, 0) is 83.5 Å². The monoisotopic (exact) mass is 656 g/mol. The number of likely N-dealkylation sites (N-methyl/N-ethyl adjacent to an activating group) is 1. The molecule has 6 rings (SSSR count). The van der Waals surface area contributed by atoms with E-state index in [0.717, 1.165) is 90.0 Å². The molecule has 3 fully saturated rings. The number of hydrogen-bond donors (Lipinski definition) is 2. The first-order valence-corrected chi connectivity index (χ1v) is 16.8. The van der Waals surface area contributed by atoms with Gasteiger partial charge in [-0.3, -0.25) is 9.48 Å². The van der Waals surface area contributed by atoms with Gasteiger partial charge in [-0.2, -0.15) is 10.2 Å². The van der Waals surface area contributed by atoms with Gasteiger partial charge in [-0.25, -0.2) is 23.1 Å². The smallest absolute Gasteiger partial charge is 0.407 e. The molecule has 0 radical (unpaired) electrons. The molecule has 3 aliphatic rings. The summed E-state index contributed by atoms with van der Waals surface area (Å²) in [6.07, 6.45) is 7.58. The minimum atomic E-state index is -2.83. The van der Waals surface area contributed by atoms with Gasteiger partial charge >= 0.3 is 6.09 Å². The lowest BCUT2D eigenvalue weighted by Crippen LogP contribution is -2.44. The van der Waals surface area contributed by atoms with Crippen molar-refractivity contribution in [3.8, 4) is 0 Å². The van der Waals surface area contributed by atoms with Gasteiger partial charge in [0.1, 0.15) is 11.4 Å². The van der Waals surface area contributed by atoms with E-state index in [9.17, 15) is 18.4 Å². The second kappa shape index (κ2) is 14.5. The Labute approximate surface area is 273 Å². The van der Waals surface area contributed by atoms with Crippen molar-refractivity contribution in [3.63, 3.8) is 0 Å². The summed E-state index contributed by atoms with van der Waals surface area (Å²) in [6, 6.07) is 1.86. The van der Waals surface area contributed by atoms with Crippen LogP contribution in [0.3, 0.4) is 0 Å². The van der Waals surface area contributed by atoms with E-state index < -0.39 is 24.1 Å². The second-order valence-electron chi connectivity index (χ2n) is 13.5. The van der Waals surface area contributed by atoms with Crippen LogP contribution < -0.4 is 10.2 Å². The molecule has 0 bridgehead atoms. The molecule has 0 atom stereocenters. The van der Waals surface area contributed by atoms with Gasteiger partial charge < -0.3 is 30.0 Å². The van der Waals surface area contributed by atoms with E-state index in [0.29, 0.717) is 30.6 Å². The lowest BCUT2D eigenvalue weighted by Gasteiger charge is -2.33. The maximum Gasteiger partial charge on any atom is 0.407 e. The number of alkyl halides is 2. The highest BCUT2D eigenvalue weighted by Crippen LogP contribution is 2.35. The van der Waals surface area contributed by atoms with Crippen molar-refractivity contribution in [2.45, 2.75) is 57.4 Å². The molecule has 2 N–H and O–H groups in total. The third kappa shape index (κ3) is 7.83. The molecule has 0 spiro atoms. The molecule has 13 nitrogen and oxygen atoms in total. The fraction of sp³-hybridized carbons (Fsp3) is 0.656. The molecule has 1 aliphatic carbocycles. The fourth-order valence-corrected chi connectivity index (χ4v) is 7.21. The zero-order valence-electron chi connectivity index (χ0n) is 27.3. The molecular formula is C32H46F2N10O3. The number of fused-ring (bicyclic) bond motifs is 1. The summed E-state index contributed by atoms with van der Waals surface area (Å²) < 4.78 is 31.3. The van der Waals surface area contributed by atoms with Gasteiger partial charge in [0, 0.05) is 58.2 Å². The SMILES string of the molecule is CN1CCN(c2ccn3ncc(C(=O)Nc4cn(C5CCC(CN(C)CCC6CCN(C(=O)O)CC6)CC5)nc4C(F)F)c3n2)CC1. The molecule has 2 saturated heterocycles. The maximum absolute atomic E-state index is 14.1. The van der Waals surface area contributed by atoms with E-state index in [1.807, 2.05) is 6.07 Å². The number of rotatable bonds is 10. The zero-order chi connectivity index (χ0) is 33.1. The van der Waals surface area contributed by atoms with Crippen molar-refractivity contribution in [2.24, 2.45) is 11.8 Å². The number of nitrogens with zero attached hydrogens (tertiary/aromatic N) is 9. The fourth-order valence-electron chi connectivity index (χ4n) is 7.21. The summed E-state index contributed by atoms with van der Waals surface area (Å²) in [6.45, 7) is 6.67. The number of carbonyl (C=O) groups is 2. The Morgan fingerprint density at radius 3 is 2.45 bits per heavy atom. The quantitative estimate of drug-likeness (QED) is 0.328. The van der Waals surface area contributed by atoms with Crippen LogP contribution in [0.5, 0.6) is 0 Å². The third-order valence-electron chi connectivity index (χ3n) is 10.2. The molecule has 0 unspecified atom stereocenters. The molecule has 2 aliphatic heterocycles. The molecule has 2 amide bonds. The van der Waals surface area contributed by atoms with Crippen LogP contribution in [0.1, 0.15) is 73.5 Å². The van der Waals surface area contributed by atoms with Crippen LogP contribution in [0.25, 0.3) is 5.65 Å². The van der Waals surface area contributed by atoms with E-state index in [4.69, 9.17) is 10.1 Å². The van der Waals surface area contributed by atoms with Crippen LogP contribution in [-0.4, -0.2) is 123 Å². The Bertz CT molecular complexity index is 1520. The summed E-state index contributed by atoms with van der Waals surface area (Å²) in [4.78, 5) is 37.5. The van der Waals surface area contributed by atoms with E-state index in [1.54, 1.807) is 17.1 Å². The first-order chi connectivity index (χ1) is 22.6. The van der Waals surface area contributed by atoms with Gasteiger partial charge in [-0.1, -0.05) is 0 Å². The third-order valence-corrected chi connectivity index (χ3v) is 10.2. The van der Waals surface area contributed by atoms with Crippen LogP contribution >= 0.6 is 0 Å². The van der Waals surface area contributed by atoms with E-state index in [1.165, 1.54) is 15.6 Å². The Morgan fingerprint density at radius 2 is 1.77 bits per heavy atom.